The first-order valence-electron chi connectivity index (χ1n) is 6.74. The van der Waals surface area contributed by atoms with Crippen LogP contribution in [-0.4, -0.2) is 21.6 Å². The third kappa shape index (κ3) is 4.36. The van der Waals surface area contributed by atoms with Crippen molar-refractivity contribution < 1.29 is 0 Å². The van der Waals surface area contributed by atoms with Gasteiger partial charge in [0.05, 0.1) is 5.69 Å². The van der Waals surface area contributed by atoms with Crippen molar-refractivity contribution in [3.8, 4) is 0 Å². The quantitative estimate of drug-likeness (QED) is 0.809. The average Bonchev–Trinajstić information content (AvgIpc) is 2.77. The molecular formula is C15H20BrN3S. The summed E-state index contributed by atoms with van der Waals surface area (Å²) in [7, 11) is 1.99. The molecule has 0 aliphatic rings. The molecule has 0 aliphatic carbocycles. The van der Waals surface area contributed by atoms with Crippen molar-refractivity contribution >= 4 is 27.7 Å². The second-order valence-electron chi connectivity index (χ2n) is 4.84. The van der Waals surface area contributed by atoms with Crippen molar-refractivity contribution in [1.82, 2.24) is 9.78 Å². The molecule has 3 nitrogen and oxygen atoms in total. The lowest BCUT2D eigenvalue weighted by atomic mass is 10.2. The van der Waals surface area contributed by atoms with Gasteiger partial charge >= 0.3 is 0 Å². The van der Waals surface area contributed by atoms with Crippen LogP contribution in [0.3, 0.4) is 0 Å². The minimum absolute atomic E-state index is 0.138. The molecule has 1 heterocycles. The predicted molar refractivity (Wildman–Crippen MR) is 89.1 cm³/mol. The largest absolute Gasteiger partial charge is 0.327 e. The predicted octanol–water partition coefficient (Wildman–Crippen LogP) is 3.41. The molecule has 0 amide bonds. The molecule has 0 aliphatic heterocycles. The number of aryl methyl sites for hydroxylation is 2. The van der Waals surface area contributed by atoms with Gasteiger partial charge in [0.2, 0.25) is 0 Å². The van der Waals surface area contributed by atoms with Crippen LogP contribution in [0, 0.1) is 0 Å². The highest BCUT2D eigenvalue weighted by Crippen LogP contribution is 2.22. The van der Waals surface area contributed by atoms with Crippen molar-refractivity contribution in [2.24, 2.45) is 12.8 Å². The molecular weight excluding hydrogens is 334 g/mol. The smallest absolute Gasteiger partial charge is 0.0624 e. The molecule has 0 spiro atoms. The molecule has 0 saturated carbocycles. The Morgan fingerprint density at radius 2 is 2.20 bits per heavy atom. The summed E-state index contributed by atoms with van der Waals surface area (Å²) in [6.07, 6.45) is 1.83. The Bertz CT molecular complexity index is 568. The van der Waals surface area contributed by atoms with E-state index < -0.39 is 0 Å². The third-order valence-corrected chi connectivity index (χ3v) is 4.80. The molecule has 0 saturated heterocycles. The van der Waals surface area contributed by atoms with Crippen LogP contribution in [0.4, 0.5) is 0 Å². The second-order valence-corrected chi connectivity index (χ2v) is 6.85. The van der Waals surface area contributed by atoms with Gasteiger partial charge in [-0.1, -0.05) is 28.9 Å². The summed E-state index contributed by atoms with van der Waals surface area (Å²) in [6.45, 7) is 2.12. The Hall–Kier alpha value is -0.780. The fourth-order valence-corrected chi connectivity index (χ4v) is 3.48. The van der Waals surface area contributed by atoms with Gasteiger partial charge in [-0.3, -0.25) is 4.68 Å². The van der Waals surface area contributed by atoms with E-state index in [9.17, 15) is 0 Å². The van der Waals surface area contributed by atoms with Crippen molar-refractivity contribution in [1.29, 1.82) is 0 Å². The molecule has 20 heavy (non-hydrogen) atoms. The lowest BCUT2D eigenvalue weighted by molar-refractivity contribution is 0.650. The fourth-order valence-electron chi connectivity index (χ4n) is 2.02. The second kappa shape index (κ2) is 7.29. The molecule has 2 rings (SSSR count). The zero-order valence-electron chi connectivity index (χ0n) is 11.8. The third-order valence-electron chi connectivity index (χ3n) is 3.12. The Kier molecular flexibility index (Phi) is 5.69. The summed E-state index contributed by atoms with van der Waals surface area (Å²) in [6, 6.07) is 10.6. The van der Waals surface area contributed by atoms with E-state index >= 15 is 0 Å². The number of aromatic nitrogens is 2. The molecule has 0 fully saturated rings. The summed E-state index contributed by atoms with van der Waals surface area (Å²) in [5.41, 5.74) is 8.58. The van der Waals surface area contributed by atoms with Crippen LogP contribution in [0.1, 0.15) is 18.3 Å². The molecule has 108 valence electrons. The number of benzene rings is 1. The molecule has 1 aromatic heterocycles. The van der Waals surface area contributed by atoms with E-state index in [4.69, 9.17) is 5.73 Å². The Morgan fingerprint density at radius 3 is 2.85 bits per heavy atom. The van der Waals surface area contributed by atoms with E-state index in [1.54, 1.807) is 11.8 Å². The Balaban J connectivity index is 1.89. The van der Waals surface area contributed by atoms with Crippen molar-refractivity contribution in [2.75, 3.05) is 5.75 Å². The maximum absolute atomic E-state index is 6.24. The number of rotatable bonds is 6. The van der Waals surface area contributed by atoms with Gasteiger partial charge in [-0.2, -0.15) is 5.10 Å². The van der Waals surface area contributed by atoms with Crippen LogP contribution >= 0.6 is 27.7 Å². The van der Waals surface area contributed by atoms with Crippen LogP contribution < -0.4 is 5.73 Å². The van der Waals surface area contributed by atoms with E-state index in [0.717, 1.165) is 28.8 Å². The Morgan fingerprint density at radius 1 is 1.40 bits per heavy atom. The van der Waals surface area contributed by atoms with Gasteiger partial charge in [0.25, 0.3) is 0 Å². The van der Waals surface area contributed by atoms with Crippen molar-refractivity contribution in [3.05, 3.63) is 46.2 Å². The van der Waals surface area contributed by atoms with Crippen molar-refractivity contribution in [3.63, 3.8) is 0 Å². The summed E-state index contributed by atoms with van der Waals surface area (Å²) < 4.78 is 3.05. The van der Waals surface area contributed by atoms with E-state index in [1.165, 1.54) is 10.6 Å². The van der Waals surface area contributed by atoms with Crippen LogP contribution in [0.15, 0.2) is 39.7 Å². The molecule has 0 bridgehead atoms. The van der Waals surface area contributed by atoms with E-state index in [-0.39, 0.29) is 6.04 Å². The molecule has 1 unspecified atom stereocenters. The van der Waals surface area contributed by atoms with Gasteiger partial charge in [0.1, 0.15) is 0 Å². The van der Waals surface area contributed by atoms with Crippen LogP contribution in [0.25, 0.3) is 0 Å². The summed E-state index contributed by atoms with van der Waals surface area (Å²) in [4.78, 5) is 1.24. The van der Waals surface area contributed by atoms with Gasteiger partial charge in [0, 0.05) is 40.3 Å². The fraction of sp³-hybridized carbons (Fsp3) is 0.400. The zero-order valence-corrected chi connectivity index (χ0v) is 14.2. The van der Waals surface area contributed by atoms with Gasteiger partial charge in [-0.15, -0.1) is 11.8 Å². The summed E-state index contributed by atoms with van der Waals surface area (Å²) in [5.74, 6) is 0.906. The van der Waals surface area contributed by atoms with Crippen molar-refractivity contribution in [2.45, 2.75) is 30.7 Å². The molecule has 2 N–H and O–H groups in total. The first-order chi connectivity index (χ1) is 9.58. The number of hydrogen-bond acceptors (Lipinski definition) is 3. The van der Waals surface area contributed by atoms with E-state index in [0.29, 0.717) is 0 Å². The van der Waals surface area contributed by atoms with Gasteiger partial charge in [0.15, 0.2) is 0 Å². The topological polar surface area (TPSA) is 43.8 Å². The number of nitrogens with two attached hydrogens (primary N) is 1. The van der Waals surface area contributed by atoms with Gasteiger partial charge in [-0.05, 0) is 30.7 Å². The van der Waals surface area contributed by atoms with Crippen LogP contribution in [0.5, 0.6) is 0 Å². The maximum Gasteiger partial charge on any atom is 0.0624 e. The number of hydrogen-bond donors (Lipinski definition) is 1. The Labute approximate surface area is 133 Å². The standard InChI is InChI=1S/C15H20BrN3S/c1-3-13-9-14(19(2)18-13)8-12(17)10-20-15-6-4-5-11(16)7-15/h4-7,9,12H,3,8,10,17H2,1-2H3. The molecule has 1 aromatic carbocycles. The first-order valence-corrected chi connectivity index (χ1v) is 8.52. The highest BCUT2D eigenvalue weighted by atomic mass is 79.9. The summed E-state index contributed by atoms with van der Waals surface area (Å²) in [5, 5.41) is 4.46. The lowest BCUT2D eigenvalue weighted by Crippen LogP contribution is -2.26. The molecule has 0 radical (unpaired) electrons. The minimum Gasteiger partial charge on any atom is -0.327 e. The summed E-state index contributed by atoms with van der Waals surface area (Å²) >= 11 is 5.28. The normalized spacial score (nSPS) is 12.6. The average molecular weight is 354 g/mol. The van der Waals surface area contributed by atoms with E-state index in [1.807, 2.05) is 23.9 Å². The molecule has 2 aromatic rings. The number of thioether (sulfide) groups is 1. The van der Waals surface area contributed by atoms with E-state index in [2.05, 4.69) is 46.2 Å². The monoisotopic (exact) mass is 353 g/mol. The number of nitrogens with zero attached hydrogens (tertiary/aromatic N) is 2. The number of halogens is 1. The lowest BCUT2D eigenvalue weighted by Gasteiger charge is -2.11. The van der Waals surface area contributed by atoms with Crippen LogP contribution in [0.2, 0.25) is 0 Å². The zero-order chi connectivity index (χ0) is 14.5. The van der Waals surface area contributed by atoms with Gasteiger partial charge in [-0.25, -0.2) is 0 Å². The maximum atomic E-state index is 6.24. The SMILES string of the molecule is CCc1cc(CC(N)CSc2cccc(Br)c2)n(C)n1. The van der Waals surface area contributed by atoms with Gasteiger partial charge < -0.3 is 5.73 Å². The van der Waals surface area contributed by atoms with Crippen LogP contribution in [-0.2, 0) is 19.9 Å². The highest BCUT2D eigenvalue weighted by Gasteiger charge is 2.10. The minimum atomic E-state index is 0.138. The highest BCUT2D eigenvalue weighted by molar-refractivity contribution is 9.10. The molecule has 5 heteroatoms. The first kappa shape index (κ1) is 15.6. The molecule has 1 atom stereocenters.